The highest BCUT2D eigenvalue weighted by molar-refractivity contribution is 8.76. The topological polar surface area (TPSA) is 47.6 Å². The van der Waals surface area contributed by atoms with E-state index in [2.05, 4.69) is 31.0 Å². The number of ether oxygens (including phenoxy) is 2. The van der Waals surface area contributed by atoms with Crippen LogP contribution in [0, 0.1) is 23.7 Å². The van der Waals surface area contributed by atoms with E-state index in [0.29, 0.717) is 25.0 Å². The molecule has 1 N–H and O–H groups in total. The average Bonchev–Trinajstić information content (AvgIpc) is 2.39. The first kappa shape index (κ1) is 20.5. The van der Waals surface area contributed by atoms with Crippen LogP contribution < -0.4 is 5.32 Å². The molecule has 21 heavy (non-hydrogen) atoms. The summed E-state index contributed by atoms with van der Waals surface area (Å²) in [7, 11) is 3.51. The van der Waals surface area contributed by atoms with Gasteiger partial charge >= 0.3 is 6.09 Å². The van der Waals surface area contributed by atoms with Crippen LogP contribution >= 0.6 is 21.6 Å². The lowest BCUT2D eigenvalue weighted by molar-refractivity contribution is 0.0677. The molecule has 122 valence electrons. The highest BCUT2D eigenvalue weighted by atomic mass is 33.1. The van der Waals surface area contributed by atoms with Crippen LogP contribution in [-0.4, -0.2) is 37.0 Å². The predicted octanol–water partition coefficient (Wildman–Crippen LogP) is 3.77. The van der Waals surface area contributed by atoms with Crippen molar-refractivity contribution in [2.24, 2.45) is 11.8 Å². The van der Waals surface area contributed by atoms with Crippen molar-refractivity contribution in [2.45, 2.75) is 40.1 Å². The molecule has 0 rings (SSSR count). The number of nitrogens with one attached hydrogen (secondary N) is 1. The zero-order valence-electron chi connectivity index (χ0n) is 13.6. The first-order chi connectivity index (χ1) is 9.91. The van der Waals surface area contributed by atoms with Gasteiger partial charge in [0.15, 0.2) is 0 Å². The summed E-state index contributed by atoms with van der Waals surface area (Å²) in [5.74, 6) is 7.91. The molecule has 0 aliphatic heterocycles. The second kappa shape index (κ2) is 13.2. The molecule has 0 heterocycles. The molecule has 0 aliphatic carbocycles. The Morgan fingerprint density at radius 2 is 1.90 bits per heavy atom. The Hall–Kier alpha value is -0.510. The van der Waals surface area contributed by atoms with Crippen LogP contribution in [0.3, 0.4) is 0 Å². The van der Waals surface area contributed by atoms with Crippen molar-refractivity contribution in [1.29, 1.82) is 0 Å². The zero-order valence-corrected chi connectivity index (χ0v) is 15.2. The summed E-state index contributed by atoms with van der Waals surface area (Å²) in [5.41, 5.74) is 0.0947. The maximum Gasteiger partial charge on any atom is 0.407 e. The van der Waals surface area contributed by atoms with Gasteiger partial charge in [-0.15, -0.1) is 0 Å². The standard InChI is InChI=1S/C15H27NO3S2/c1-12(2)7-6-8-16-15(17)19-10-9-18-14(5)21-20-11-13(3)4/h12-14H,8-11H2,1-5H3,(H,16,17). The lowest BCUT2D eigenvalue weighted by atomic mass is 10.2. The van der Waals surface area contributed by atoms with Crippen LogP contribution in [0.4, 0.5) is 4.79 Å². The molecule has 0 saturated carbocycles. The normalized spacial score (nSPS) is 12.0. The molecule has 0 fully saturated rings. The quantitative estimate of drug-likeness (QED) is 0.301. The Morgan fingerprint density at radius 1 is 1.19 bits per heavy atom. The second-order valence-electron chi connectivity index (χ2n) is 5.18. The van der Waals surface area contributed by atoms with Gasteiger partial charge in [0, 0.05) is 11.7 Å². The Kier molecular flexibility index (Phi) is 12.9. The molecule has 6 heteroatoms. The van der Waals surface area contributed by atoms with Crippen molar-refractivity contribution in [3.8, 4) is 11.8 Å². The minimum absolute atomic E-state index is 0.0947. The van der Waals surface area contributed by atoms with Crippen LogP contribution in [0.5, 0.6) is 0 Å². The van der Waals surface area contributed by atoms with Crippen LogP contribution in [-0.2, 0) is 9.47 Å². The number of hydrogen-bond donors (Lipinski definition) is 1. The van der Waals surface area contributed by atoms with Gasteiger partial charge in [0.1, 0.15) is 12.0 Å². The maximum absolute atomic E-state index is 11.3. The third-order valence-corrected chi connectivity index (χ3v) is 4.96. The third kappa shape index (κ3) is 15.7. The maximum atomic E-state index is 11.3. The summed E-state index contributed by atoms with van der Waals surface area (Å²) in [6.45, 7) is 11.4. The van der Waals surface area contributed by atoms with Gasteiger partial charge in [0.05, 0.1) is 13.2 Å². The van der Waals surface area contributed by atoms with Crippen LogP contribution in [0.25, 0.3) is 0 Å². The largest absolute Gasteiger partial charge is 0.447 e. The highest BCUT2D eigenvalue weighted by Gasteiger charge is 2.05. The smallest absolute Gasteiger partial charge is 0.407 e. The number of carbonyl (C=O) groups excluding carboxylic acids is 1. The van der Waals surface area contributed by atoms with E-state index in [-0.39, 0.29) is 12.0 Å². The fourth-order valence-electron chi connectivity index (χ4n) is 1.07. The first-order valence-corrected chi connectivity index (χ1v) is 9.59. The fourth-order valence-corrected chi connectivity index (χ4v) is 3.56. The van der Waals surface area contributed by atoms with Crippen molar-refractivity contribution >= 4 is 27.7 Å². The van der Waals surface area contributed by atoms with E-state index in [1.807, 2.05) is 20.8 Å². The van der Waals surface area contributed by atoms with E-state index in [1.54, 1.807) is 21.6 Å². The van der Waals surface area contributed by atoms with Gasteiger partial charge in [-0.2, -0.15) is 0 Å². The van der Waals surface area contributed by atoms with Gasteiger partial charge in [0.25, 0.3) is 0 Å². The lowest BCUT2D eigenvalue weighted by Gasteiger charge is -2.12. The van der Waals surface area contributed by atoms with E-state index in [4.69, 9.17) is 9.47 Å². The second-order valence-corrected chi connectivity index (χ2v) is 7.89. The summed E-state index contributed by atoms with van der Waals surface area (Å²) >= 11 is 0. The Bertz CT molecular complexity index is 338. The Morgan fingerprint density at radius 3 is 2.52 bits per heavy atom. The van der Waals surface area contributed by atoms with Gasteiger partial charge in [0.2, 0.25) is 0 Å². The Labute approximate surface area is 136 Å². The molecule has 4 nitrogen and oxygen atoms in total. The van der Waals surface area contributed by atoms with Crippen molar-refractivity contribution in [2.75, 3.05) is 25.5 Å². The molecule has 1 atom stereocenters. The summed E-state index contributed by atoms with van der Waals surface area (Å²) < 4.78 is 10.5. The molecule has 0 aliphatic rings. The molecule has 0 aromatic rings. The molecule has 0 aromatic carbocycles. The monoisotopic (exact) mass is 333 g/mol. The van der Waals surface area contributed by atoms with Crippen LogP contribution in [0.2, 0.25) is 0 Å². The molecular weight excluding hydrogens is 306 g/mol. The van der Waals surface area contributed by atoms with E-state index in [1.165, 1.54) is 0 Å². The molecule has 0 radical (unpaired) electrons. The summed E-state index contributed by atoms with van der Waals surface area (Å²) in [4.78, 5) is 11.3. The minimum Gasteiger partial charge on any atom is -0.447 e. The molecule has 0 aromatic heterocycles. The van der Waals surface area contributed by atoms with Crippen LogP contribution in [0.15, 0.2) is 0 Å². The minimum atomic E-state index is -0.453. The molecule has 0 bridgehead atoms. The highest BCUT2D eigenvalue weighted by Crippen LogP contribution is 2.28. The van der Waals surface area contributed by atoms with Crippen LogP contribution in [0.1, 0.15) is 34.6 Å². The third-order valence-electron chi connectivity index (χ3n) is 1.99. The van der Waals surface area contributed by atoms with Crippen molar-refractivity contribution in [3.05, 3.63) is 0 Å². The zero-order chi connectivity index (χ0) is 16.1. The SMILES string of the molecule is CC(C)C#CCNC(=O)OCCOC(C)SSCC(C)C. The molecular formula is C15H27NO3S2. The molecule has 1 unspecified atom stereocenters. The van der Waals surface area contributed by atoms with Gasteiger partial charge in [-0.1, -0.05) is 61.1 Å². The number of alkyl carbamates (subject to hydrolysis) is 1. The van der Waals surface area contributed by atoms with Gasteiger partial charge in [-0.25, -0.2) is 4.79 Å². The van der Waals surface area contributed by atoms with Gasteiger partial charge < -0.3 is 14.8 Å². The van der Waals surface area contributed by atoms with Crippen molar-refractivity contribution < 1.29 is 14.3 Å². The number of hydrogen-bond acceptors (Lipinski definition) is 5. The van der Waals surface area contributed by atoms with E-state index < -0.39 is 6.09 Å². The Balaban J connectivity index is 3.49. The van der Waals surface area contributed by atoms with Gasteiger partial charge in [-0.05, 0) is 12.8 Å². The number of amides is 1. The van der Waals surface area contributed by atoms with E-state index in [0.717, 1.165) is 5.75 Å². The first-order valence-electron chi connectivity index (χ1n) is 7.20. The average molecular weight is 334 g/mol. The summed E-state index contributed by atoms with van der Waals surface area (Å²) in [6.07, 6.45) is -0.453. The van der Waals surface area contributed by atoms with E-state index >= 15 is 0 Å². The summed E-state index contributed by atoms with van der Waals surface area (Å²) in [6, 6.07) is 0. The molecule has 0 spiro atoms. The molecule has 1 amide bonds. The summed E-state index contributed by atoms with van der Waals surface area (Å²) in [5, 5.41) is 2.57. The van der Waals surface area contributed by atoms with Crippen molar-refractivity contribution in [1.82, 2.24) is 5.32 Å². The lowest BCUT2D eigenvalue weighted by Crippen LogP contribution is -2.26. The number of rotatable bonds is 9. The number of carbonyl (C=O) groups is 1. The molecule has 0 saturated heterocycles. The predicted molar refractivity (Wildman–Crippen MR) is 92.3 cm³/mol. The van der Waals surface area contributed by atoms with Crippen molar-refractivity contribution in [3.63, 3.8) is 0 Å². The van der Waals surface area contributed by atoms with Gasteiger partial charge in [-0.3, -0.25) is 0 Å². The van der Waals surface area contributed by atoms with E-state index in [9.17, 15) is 4.79 Å². The fraction of sp³-hybridized carbons (Fsp3) is 0.800.